The van der Waals surface area contributed by atoms with Crippen molar-refractivity contribution >= 4 is 53.5 Å². The number of aromatic nitrogens is 4. The van der Waals surface area contributed by atoms with Crippen molar-refractivity contribution in [2.75, 3.05) is 37.4 Å². The molecule has 0 spiro atoms. The van der Waals surface area contributed by atoms with Crippen LogP contribution in [-0.4, -0.2) is 65.5 Å². The molecule has 0 atom stereocenters. The van der Waals surface area contributed by atoms with Crippen LogP contribution in [0.4, 0.5) is 0 Å². The van der Waals surface area contributed by atoms with E-state index in [2.05, 4.69) is 56.4 Å². The van der Waals surface area contributed by atoms with Crippen LogP contribution < -0.4 is 0 Å². The predicted molar refractivity (Wildman–Crippen MR) is 97.3 cm³/mol. The third kappa shape index (κ3) is 4.52. The Hall–Kier alpha value is -0.460. The number of hydrogen-bond acceptors (Lipinski definition) is 6. The molecule has 0 amide bonds. The molecule has 124 valence electrons. The summed E-state index contributed by atoms with van der Waals surface area (Å²) in [6, 6.07) is 0. The molecule has 0 radical (unpaired) electrons. The maximum absolute atomic E-state index is 11.6. The van der Waals surface area contributed by atoms with Gasteiger partial charge < -0.3 is 4.74 Å². The summed E-state index contributed by atoms with van der Waals surface area (Å²) < 4.78 is 31.1. The van der Waals surface area contributed by atoms with Crippen molar-refractivity contribution in [1.82, 2.24) is 19.7 Å². The minimum atomic E-state index is -3.45. The molecule has 0 bridgehead atoms. The van der Waals surface area contributed by atoms with Gasteiger partial charge in [0.05, 0.1) is 12.0 Å². The van der Waals surface area contributed by atoms with Gasteiger partial charge in [-0.1, -0.05) is 0 Å². The van der Waals surface area contributed by atoms with Crippen molar-refractivity contribution in [1.29, 1.82) is 0 Å². The van der Waals surface area contributed by atoms with Gasteiger partial charge in [0.2, 0.25) is 15.0 Å². The maximum atomic E-state index is 11.6. The van der Waals surface area contributed by atoms with E-state index in [0.717, 1.165) is 21.1 Å². The van der Waals surface area contributed by atoms with Crippen LogP contribution in [0.25, 0.3) is 11.0 Å². The Morgan fingerprint density at radius 3 is 2.55 bits per heavy atom. The highest BCUT2D eigenvalue weighted by molar-refractivity contribution is 14.1. The summed E-state index contributed by atoms with van der Waals surface area (Å²) in [4.78, 5) is 8.00. The SMILES string of the molecule is CS(C)(C)CCOCn1nc(I)c2cnc(S(C)(=O)=O)nc21. The molecule has 0 saturated carbocycles. The Labute approximate surface area is 145 Å². The van der Waals surface area contributed by atoms with E-state index < -0.39 is 19.9 Å². The van der Waals surface area contributed by atoms with Crippen molar-refractivity contribution in [3.63, 3.8) is 0 Å². The maximum Gasteiger partial charge on any atom is 0.248 e. The topological polar surface area (TPSA) is 87.0 Å². The first-order chi connectivity index (χ1) is 10.1. The molecule has 0 aliphatic rings. The molecule has 0 aliphatic carbocycles. The Morgan fingerprint density at radius 1 is 1.27 bits per heavy atom. The Balaban J connectivity index is 2.22. The molecule has 22 heavy (non-hydrogen) atoms. The number of hydrogen-bond donors (Lipinski definition) is 0. The van der Waals surface area contributed by atoms with Crippen LogP contribution in [0.1, 0.15) is 0 Å². The van der Waals surface area contributed by atoms with Crippen LogP contribution >= 0.6 is 32.6 Å². The Bertz CT molecular complexity index is 784. The fourth-order valence-corrected chi connectivity index (χ4v) is 3.39. The lowest BCUT2D eigenvalue weighted by molar-refractivity contribution is 0.0833. The lowest BCUT2D eigenvalue weighted by Crippen LogP contribution is -2.12. The zero-order chi connectivity index (χ0) is 16.5. The lowest BCUT2D eigenvalue weighted by atomic mass is 10.4. The van der Waals surface area contributed by atoms with E-state index in [9.17, 15) is 8.42 Å². The van der Waals surface area contributed by atoms with E-state index in [1.54, 1.807) is 4.68 Å². The van der Waals surface area contributed by atoms with Gasteiger partial charge in [-0.3, -0.25) is 0 Å². The normalized spacial score (nSPS) is 13.7. The summed E-state index contributed by atoms with van der Waals surface area (Å²) in [5.41, 5.74) is 0.475. The number of fused-ring (bicyclic) bond motifs is 1. The zero-order valence-corrected chi connectivity index (χ0v) is 16.7. The van der Waals surface area contributed by atoms with Crippen LogP contribution in [0.3, 0.4) is 0 Å². The summed E-state index contributed by atoms with van der Waals surface area (Å²) in [6.45, 7) is 0.885. The summed E-state index contributed by atoms with van der Waals surface area (Å²) in [6.07, 6.45) is 9.27. The predicted octanol–water partition coefficient (Wildman–Crippen LogP) is 1.50. The third-order valence-electron chi connectivity index (χ3n) is 2.81. The molecule has 7 nitrogen and oxygen atoms in total. The molecule has 0 N–H and O–H groups in total. The minimum absolute atomic E-state index is 0.198. The second-order valence-corrected chi connectivity index (χ2v) is 13.3. The molecule has 2 aromatic rings. The summed E-state index contributed by atoms with van der Waals surface area (Å²) in [7, 11) is -4.05. The molecule has 2 rings (SSSR count). The van der Waals surface area contributed by atoms with Crippen molar-refractivity contribution in [2.45, 2.75) is 11.9 Å². The summed E-state index contributed by atoms with van der Waals surface area (Å²) in [5.74, 6) is 1.01. The monoisotopic (exact) mass is 458 g/mol. The first kappa shape index (κ1) is 17.9. The number of ether oxygens (including phenoxy) is 1. The van der Waals surface area contributed by atoms with Gasteiger partial charge >= 0.3 is 0 Å². The first-order valence-corrected chi connectivity index (χ1v) is 12.4. The summed E-state index contributed by atoms with van der Waals surface area (Å²) >= 11 is 2.07. The van der Waals surface area contributed by atoms with Crippen LogP contribution in [0.5, 0.6) is 0 Å². The van der Waals surface area contributed by atoms with Crippen molar-refractivity contribution in [3.05, 3.63) is 9.90 Å². The van der Waals surface area contributed by atoms with E-state index in [-0.39, 0.29) is 11.9 Å². The smallest absolute Gasteiger partial charge is 0.248 e. The second kappa shape index (κ2) is 6.57. The number of rotatable bonds is 6. The molecular weight excluding hydrogens is 439 g/mol. The molecule has 10 heteroatoms. The number of nitrogens with zero attached hydrogens (tertiary/aromatic N) is 4. The molecule has 0 unspecified atom stereocenters. The molecule has 0 saturated heterocycles. The van der Waals surface area contributed by atoms with Crippen LogP contribution in [0, 0.1) is 3.70 Å². The summed E-state index contributed by atoms with van der Waals surface area (Å²) in [5, 5.41) is 4.86. The molecule has 2 heterocycles. The van der Waals surface area contributed by atoms with Crippen LogP contribution in [0.2, 0.25) is 0 Å². The van der Waals surface area contributed by atoms with E-state index in [0.29, 0.717) is 12.3 Å². The van der Waals surface area contributed by atoms with Gasteiger partial charge in [0.25, 0.3) is 0 Å². The van der Waals surface area contributed by atoms with Crippen LogP contribution in [-0.2, 0) is 21.3 Å². The fraction of sp³-hybridized carbons (Fsp3) is 0.583. The first-order valence-electron chi connectivity index (χ1n) is 6.41. The lowest BCUT2D eigenvalue weighted by Gasteiger charge is -2.24. The quantitative estimate of drug-likeness (QED) is 0.371. The van der Waals surface area contributed by atoms with Gasteiger partial charge in [-0.15, -0.1) is 0 Å². The van der Waals surface area contributed by atoms with Gasteiger partial charge in [-0.25, -0.2) is 28.1 Å². The van der Waals surface area contributed by atoms with Crippen molar-refractivity contribution in [3.8, 4) is 0 Å². The van der Waals surface area contributed by atoms with Gasteiger partial charge in [0.15, 0.2) is 5.65 Å². The van der Waals surface area contributed by atoms with Gasteiger partial charge in [-0.2, -0.15) is 10.1 Å². The van der Waals surface area contributed by atoms with E-state index in [1.807, 2.05) is 0 Å². The molecule has 2 aromatic heterocycles. The van der Waals surface area contributed by atoms with E-state index in [1.165, 1.54) is 6.20 Å². The Morgan fingerprint density at radius 2 is 1.95 bits per heavy atom. The number of sulfone groups is 1. The fourth-order valence-electron chi connectivity index (χ4n) is 1.64. The third-order valence-corrected chi connectivity index (χ3v) is 5.86. The van der Waals surface area contributed by atoms with Crippen molar-refractivity contribution in [2.24, 2.45) is 0 Å². The van der Waals surface area contributed by atoms with E-state index in [4.69, 9.17) is 4.74 Å². The molecule has 0 aromatic carbocycles. The van der Waals surface area contributed by atoms with Gasteiger partial charge in [0, 0.05) is 18.2 Å². The number of halogens is 1. The van der Waals surface area contributed by atoms with Gasteiger partial charge in [-0.05, 0) is 41.4 Å². The standard InChI is InChI=1S/C12H19IN4O3S2/c1-21(2,3)6-5-20-8-17-11-9(10(13)16-17)7-14-12(15-11)22(4,18)19/h7H,5-6,8H2,1-4H3. The van der Waals surface area contributed by atoms with Crippen molar-refractivity contribution < 1.29 is 13.2 Å². The van der Waals surface area contributed by atoms with Crippen LogP contribution in [0.15, 0.2) is 11.4 Å². The highest BCUT2D eigenvalue weighted by atomic mass is 127. The molecular formula is C12H19IN4O3S2. The zero-order valence-electron chi connectivity index (χ0n) is 12.9. The largest absolute Gasteiger partial charge is 0.358 e. The minimum Gasteiger partial charge on any atom is -0.358 e. The average molecular weight is 458 g/mol. The Kier molecular flexibility index (Phi) is 5.34. The highest BCUT2D eigenvalue weighted by Crippen LogP contribution is 2.33. The van der Waals surface area contributed by atoms with E-state index >= 15 is 0 Å². The highest BCUT2D eigenvalue weighted by Gasteiger charge is 2.16. The molecule has 0 fully saturated rings. The van der Waals surface area contributed by atoms with Gasteiger partial charge in [0.1, 0.15) is 10.4 Å². The second-order valence-electron chi connectivity index (χ2n) is 5.78. The average Bonchev–Trinajstić information content (AvgIpc) is 2.69. The molecule has 0 aliphatic heterocycles.